The predicted molar refractivity (Wildman–Crippen MR) is 71.3 cm³/mol. The Bertz CT molecular complexity index is 729. The molecule has 0 bridgehead atoms. The number of halogens is 1. The van der Waals surface area contributed by atoms with Gasteiger partial charge < -0.3 is 5.11 Å². The van der Waals surface area contributed by atoms with Gasteiger partial charge in [0.2, 0.25) is 0 Å². The van der Waals surface area contributed by atoms with Crippen molar-refractivity contribution in [1.29, 1.82) is 0 Å². The van der Waals surface area contributed by atoms with E-state index in [2.05, 4.69) is 14.7 Å². The summed E-state index contributed by atoms with van der Waals surface area (Å²) in [5, 5.41) is 8.65. The number of nitrogens with zero attached hydrogens (tertiary/aromatic N) is 2. The van der Waals surface area contributed by atoms with Crippen LogP contribution < -0.4 is 4.72 Å². The minimum absolute atomic E-state index is 0.0999. The van der Waals surface area contributed by atoms with Crippen molar-refractivity contribution >= 4 is 33.3 Å². The summed E-state index contributed by atoms with van der Waals surface area (Å²) in [7, 11) is -3.91. The summed E-state index contributed by atoms with van der Waals surface area (Å²) in [5.74, 6) is -1.18. The number of aromatic nitrogens is 2. The molecule has 0 saturated heterocycles. The molecule has 2 N–H and O–H groups in total. The number of rotatable bonds is 4. The molecule has 0 aliphatic heterocycles. The standard InChI is InChI=1S/C11H8ClN3O4S/c12-9-3-2-8(6-13-9)15-20(18,19)10-4-1-7(5-14-10)11(16)17/h1-6,15H,(H,16,17). The van der Waals surface area contributed by atoms with Crippen LogP contribution in [0.5, 0.6) is 0 Å². The number of hydrogen-bond donors (Lipinski definition) is 2. The lowest BCUT2D eigenvalue weighted by Gasteiger charge is -2.07. The third-order valence-electron chi connectivity index (χ3n) is 2.24. The van der Waals surface area contributed by atoms with Crippen LogP contribution in [-0.2, 0) is 10.0 Å². The Morgan fingerprint density at radius 1 is 1.15 bits per heavy atom. The maximum Gasteiger partial charge on any atom is 0.337 e. The van der Waals surface area contributed by atoms with Crippen LogP contribution >= 0.6 is 11.6 Å². The van der Waals surface area contributed by atoms with E-state index in [9.17, 15) is 13.2 Å². The number of nitrogens with one attached hydrogen (secondary N) is 1. The SMILES string of the molecule is O=C(O)c1ccc(S(=O)(=O)Nc2ccc(Cl)nc2)nc1. The van der Waals surface area contributed by atoms with Gasteiger partial charge in [0.05, 0.1) is 17.4 Å². The van der Waals surface area contributed by atoms with E-state index >= 15 is 0 Å². The van der Waals surface area contributed by atoms with E-state index in [0.29, 0.717) is 0 Å². The van der Waals surface area contributed by atoms with Gasteiger partial charge in [-0.2, -0.15) is 8.42 Å². The molecule has 2 aromatic heterocycles. The highest BCUT2D eigenvalue weighted by atomic mass is 35.5. The van der Waals surface area contributed by atoms with Crippen molar-refractivity contribution in [3.05, 3.63) is 47.4 Å². The second kappa shape index (κ2) is 5.43. The van der Waals surface area contributed by atoms with Crippen molar-refractivity contribution in [3.8, 4) is 0 Å². The number of pyridine rings is 2. The van der Waals surface area contributed by atoms with Gasteiger partial charge in [0, 0.05) is 6.20 Å². The van der Waals surface area contributed by atoms with E-state index in [-0.39, 0.29) is 21.4 Å². The molecule has 2 rings (SSSR count). The maximum atomic E-state index is 12.0. The van der Waals surface area contributed by atoms with Gasteiger partial charge in [-0.1, -0.05) is 11.6 Å². The lowest BCUT2D eigenvalue weighted by Crippen LogP contribution is -2.15. The number of sulfonamides is 1. The minimum atomic E-state index is -3.91. The Hall–Kier alpha value is -2.19. The molecule has 7 nitrogen and oxygen atoms in total. The van der Waals surface area contributed by atoms with Crippen molar-refractivity contribution in [3.63, 3.8) is 0 Å². The van der Waals surface area contributed by atoms with Gasteiger partial charge in [-0.25, -0.2) is 14.8 Å². The monoisotopic (exact) mass is 313 g/mol. The van der Waals surface area contributed by atoms with Crippen LogP contribution in [0.25, 0.3) is 0 Å². The van der Waals surface area contributed by atoms with Crippen molar-refractivity contribution in [2.24, 2.45) is 0 Å². The Morgan fingerprint density at radius 3 is 2.40 bits per heavy atom. The zero-order valence-electron chi connectivity index (χ0n) is 9.82. The predicted octanol–water partition coefficient (Wildman–Crippen LogP) is 1.63. The Balaban J connectivity index is 2.26. The van der Waals surface area contributed by atoms with Crippen LogP contribution in [0.2, 0.25) is 5.15 Å². The molecular weight excluding hydrogens is 306 g/mol. The van der Waals surface area contributed by atoms with Crippen LogP contribution in [0.15, 0.2) is 41.7 Å². The summed E-state index contributed by atoms with van der Waals surface area (Å²) in [6.07, 6.45) is 2.22. The summed E-state index contributed by atoms with van der Waals surface area (Å²) < 4.78 is 26.2. The summed E-state index contributed by atoms with van der Waals surface area (Å²) >= 11 is 5.59. The quantitative estimate of drug-likeness (QED) is 0.830. The van der Waals surface area contributed by atoms with Gasteiger partial charge in [-0.05, 0) is 24.3 Å². The number of carboxylic acid groups (broad SMARTS) is 1. The van der Waals surface area contributed by atoms with Gasteiger partial charge in [0.15, 0.2) is 5.03 Å². The first-order valence-electron chi connectivity index (χ1n) is 5.22. The van der Waals surface area contributed by atoms with E-state index in [1.54, 1.807) is 0 Å². The zero-order chi connectivity index (χ0) is 14.8. The number of carboxylic acids is 1. The second-order valence-corrected chi connectivity index (χ2v) is 5.68. The number of anilines is 1. The largest absolute Gasteiger partial charge is 0.478 e. The van der Waals surface area contributed by atoms with Crippen molar-refractivity contribution in [1.82, 2.24) is 9.97 Å². The third kappa shape index (κ3) is 3.22. The molecule has 0 aliphatic carbocycles. The summed E-state index contributed by atoms with van der Waals surface area (Å²) in [4.78, 5) is 18.0. The first kappa shape index (κ1) is 14.2. The Morgan fingerprint density at radius 2 is 1.90 bits per heavy atom. The molecule has 0 radical (unpaired) electrons. The third-order valence-corrected chi connectivity index (χ3v) is 3.76. The number of aromatic carboxylic acids is 1. The lowest BCUT2D eigenvalue weighted by atomic mass is 10.3. The normalized spacial score (nSPS) is 11.1. The first-order chi connectivity index (χ1) is 9.38. The highest BCUT2D eigenvalue weighted by Gasteiger charge is 2.16. The summed E-state index contributed by atoms with van der Waals surface area (Å²) in [6, 6.07) is 5.14. The summed E-state index contributed by atoms with van der Waals surface area (Å²) in [5.41, 5.74) is 0.121. The van der Waals surface area contributed by atoms with E-state index in [1.165, 1.54) is 18.3 Å². The lowest BCUT2D eigenvalue weighted by molar-refractivity contribution is 0.0696. The molecule has 0 aliphatic rings. The molecule has 0 saturated carbocycles. The zero-order valence-corrected chi connectivity index (χ0v) is 11.4. The van der Waals surface area contributed by atoms with Gasteiger partial charge in [0.1, 0.15) is 5.15 Å². The second-order valence-electron chi connectivity index (χ2n) is 3.67. The molecule has 104 valence electrons. The molecule has 0 amide bonds. The number of hydrogen-bond acceptors (Lipinski definition) is 5. The highest BCUT2D eigenvalue weighted by molar-refractivity contribution is 7.92. The van der Waals surface area contributed by atoms with Crippen LogP contribution in [-0.4, -0.2) is 29.5 Å². The molecule has 0 spiro atoms. The average Bonchev–Trinajstić information content (AvgIpc) is 2.41. The van der Waals surface area contributed by atoms with Crippen LogP contribution in [0.3, 0.4) is 0 Å². The molecule has 0 atom stereocenters. The molecule has 9 heteroatoms. The van der Waals surface area contributed by atoms with E-state index in [4.69, 9.17) is 16.7 Å². The Labute approximate surface area is 119 Å². The highest BCUT2D eigenvalue weighted by Crippen LogP contribution is 2.15. The van der Waals surface area contributed by atoms with Gasteiger partial charge in [0.25, 0.3) is 10.0 Å². The maximum absolute atomic E-state index is 12.0. The smallest absolute Gasteiger partial charge is 0.337 e. The van der Waals surface area contributed by atoms with E-state index < -0.39 is 16.0 Å². The fourth-order valence-electron chi connectivity index (χ4n) is 1.31. The van der Waals surface area contributed by atoms with E-state index in [0.717, 1.165) is 18.3 Å². The molecule has 2 heterocycles. The molecular formula is C11H8ClN3O4S. The van der Waals surface area contributed by atoms with Crippen molar-refractivity contribution in [2.75, 3.05) is 4.72 Å². The minimum Gasteiger partial charge on any atom is -0.478 e. The van der Waals surface area contributed by atoms with Crippen molar-refractivity contribution < 1.29 is 18.3 Å². The van der Waals surface area contributed by atoms with Crippen LogP contribution in [0.1, 0.15) is 10.4 Å². The molecule has 0 unspecified atom stereocenters. The fourth-order valence-corrected chi connectivity index (χ4v) is 2.40. The van der Waals surface area contributed by atoms with Crippen molar-refractivity contribution in [2.45, 2.75) is 5.03 Å². The molecule has 0 fully saturated rings. The first-order valence-corrected chi connectivity index (χ1v) is 7.08. The Kier molecular flexibility index (Phi) is 3.86. The van der Waals surface area contributed by atoms with Gasteiger partial charge >= 0.3 is 5.97 Å². The fraction of sp³-hybridized carbons (Fsp3) is 0. The average molecular weight is 314 g/mol. The summed E-state index contributed by atoms with van der Waals surface area (Å²) in [6.45, 7) is 0. The molecule has 2 aromatic rings. The van der Waals surface area contributed by atoms with Crippen LogP contribution in [0.4, 0.5) is 5.69 Å². The van der Waals surface area contributed by atoms with Gasteiger partial charge in [-0.3, -0.25) is 4.72 Å². The number of carbonyl (C=O) groups is 1. The topological polar surface area (TPSA) is 109 Å². The van der Waals surface area contributed by atoms with Crippen LogP contribution in [0, 0.1) is 0 Å². The molecule has 20 heavy (non-hydrogen) atoms. The van der Waals surface area contributed by atoms with Gasteiger partial charge in [-0.15, -0.1) is 0 Å². The molecule has 0 aromatic carbocycles. The van der Waals surface area contributed by atoms with E-state index in [1.807, 2.05) is 0 Å².